The molecule has 140 valence electrons. The van der Waals surface area contributed by atoms with Crippen molar-refractivity contribution in [2.24, 2.45) is 0 Å². The Morgan fingerprint density at radius 2 is 1.96 bits per heavy atom. The van der Waals surface area contributed by atoms with E-state index in [1.807, 2.05) is 41.8 Å². The topological polar surface area (TPSA) is 59.8 Å². The zero-order valence-electron chi connectivity index (χ0n) is 15.4. The van der Waals surface area contributed by atoms with Crippen LogP contribution in [0, 0.1) is 12.7 Å². The Kier molecular flexibility index (Phi) is 5.91. The molecule has 0 saturated carbocycles. The molecule has 1 heterocycles. The lowest BCUT2D eigenvalue weighted by atomic mass is 10.2. The van der Waals surface area contributed by atoms with Crippen molar-refractivity contribution in [2.45, 2.75) is 37.7 Å². The lowest BCUT2D eigenvalue weighted by Crippen LogP contribution is -2.23. The van der Waals surface area contributed by atoms with Crippen molar-refractivity contribution in [3.8, 4) is 11.4 Å². The molecular formula is C20H21FN4OS. The summed E-state index contributed by atoms with van der Waals surface area (Å²) >= 11 is 1.33. The SMILES string of the molecule is CCn1c(S[C@H](C)C(=O)Nc2ccc(C)c(F)c2)nnc1-c1ccccc1. The second-order valence-corrected chi connectivity index (χ2v) is 7.44. The number of carbonyl (C=O) groups is 1. The highest BCUT2D eigenvalue weighted by Crippen LogP contribution is 2.27. The molecule has 7 heteroatoms. The predicted molar refractivity (Wildman–Crippen MR) is 106 cm³/mol. The molecule has 1 N–H and O–H groups in total. The van der Waals surface area contributed by atoms with Gasteiger partial charge in [0.25, 0.3) is 0 Å². The van der Waals surface area contributed by atoms with E-state index in [1.54, 1.807) is 26.0 Å². The minimum Gasteiger partial charge on any atom is -0.325 e. The molecule has 3 rings (SSSR count). The molecule has 27 heavy (non-hydrogen) atoms. The summed E-state index contributed by atoms with van der Waals surface area (Å²) in [5.41, 5.74) is 1.96. The Balaban J connectivity index is 1.73. The van der Waals surface area contributed by atoms with Gasteiger partial charge in [0.1, 0.15) is 5.82 Å². The summed E-state index contributed by atoms with van der Waals surface area (Å²) in [4.78, 5) is 12.5. The summed E-state index contributed by atoms with van der Waals surface area (Å²) in [5, 5.41) is 11.6. The van der Waals surface area contributed by atoms with Crippen LogP contribution in [0.4, 0.5) is 10.1 Å². The fourth-order valence-corrected chi connectivity index (χ4v) is 3.50. The van der Waals surface area contributed by atoms with Crippen LogP contribution >= 0.6 is 11.8 Å². The molecule has 1 aromatic heterocycles. The summed E-state index contributed by atoms with van der Waals surface area (Å²) in [6.45, 7) is 6.18. The zero-order valence-corrected chi connectivity index (χ0v) is 16.3. The highest BCUT2D eigenvalue weighted by atomic mass is 32.2. The summed E-state index contributed by atoms with van der Waals surface area (Å²) in [5.74, 6) is 0.218. The van der Waals surface area contributed by atoms with Crippen molar-refractivity contribution in [3.63, 3.8) is 0 Å². The largest absolute Gasteiger partial charge is 0.325 e. The molecule has 0 fully saturated rings. The van der Waals surface area contributed by atoms with Crippen LogP contribution in [0.25, 0.3) is 11.4 Å². The van der Waals surface area contributed by atoms with Crippen molar-refractivity contribution in [3.05, 3.63) is 59.9 Å². The van der Waals surface area contributed by atoms with Gasteiger partial charge in [-0.1, -0.05) is 48.2 Å². The van der Waals surface area contributed by atoms with Gasteiger partial charge < -0.3 is 9.88 Å². The molecule has 0 radical (unpaired) electrons. The number of amides is 1. The number of aryl methyl sites for hydroxylation is 1. The summed E-state index contributed by atoms with van der Waals surface area (Å²) in [6.07, 6.45) is 0. The average molecular weight is 384 g/mol. The number of hydrogen-bond acceptors (Lipinski definition) is 4. The van der Waals surface area contributed by atoms with Gasteiger partial charge in [-0.15, -0.1) is 10.2 Å². The maximum absolute atomic E-state index is 13.7. The van der Waals surface area contributed by atoms with Crippen molar-refractivity contribution in [1.29, 1.82) is 0 Å². The first-order valence-corrected chi connectivity index (χ1v) is 9.60. The normalized spacial score (nSPS) is 12.0. The molecule has 0 saturated heterocycles. The van der Waals surface area contributed by atoms with Gasteiger partial charge in [0.2, 0.25) is 5.91 Å². The van der Waals surface area contributed by atoms with Crippen LogP contribution in [-0.4, -0.2) is 25.9 Å². The number of benzene rings is 2. The van der Waals surface area contributed by atoms with E-state index >= 15 is 0 Å². The van der Waals surface area contributed by atoms with E-state index < -0.39 is 5.25 Å². The van der Waals surface area contributed by atoms with E-state index in [1.165, 1.54) is 17.8 Å². The molecule has 2 aromatic carbocycles. The van der Waals surface area contributed by atoms with Gasteiger partial charge in [-0.3, -0.25) is 4.79 Å². The van der Waals surface area contributed by atoms with Crippen LogP contribution < -0.4 is 5.32 Å². The van der Waals surface area contributed by atoms with E-state index in [2.05, 4.69) is 15.5 Å². The number of aromatic nitrogens is 3. The Hall–Kier alpha value is -2.67. The van der Waals surface area contributed by atoms with Gasteiger partial charge >= 0.3 is 0 Å². The van der Waals surface area contributed by atoms with Crippen LogP contribution in [0.2, 0.25) is 0 Å². The molecule has 0 unspecified atom stereocenters. The number of carbonyl (C=O) groups excluding carboxylic acids is 1. The molecule has 1 atom stereocenters. The number of hydrogen-bond donors (Lipinski definition) is 1. The maximum Gasteiger partial charge on any atom is 0.237 e. The van der Waals surface area contributed by atoms with Crippen molar-refractivity contribution < 1.29 is 9.18 Å². The molecule has 0 aliphatic carbocycles. The van der Waals surface area contributed by atoms with Crippen LogP contribution in [-0.2, 0) is 11.3 Å². The lowest BCUT2D eigenvalue weighted by molar-refractivity contribution is -0.115. The average Bonchev–Trinajstić information content (AvgIpc) is 3.08. The van der Waals surface area contributed by atoms with E-state index in [-0.39, 0.29) is 11.7 Å². The molecule has 0 spiro atoms. The minimum absolute atomic E-state index is 0.213. The van der Waals surface area contributed by atoms with Crippen LogP contribution in [0.5, 0.6) is 0 Å². The monoisotopic (exact) mass is 384 g/mol. The lowest BCUT2D eigenvalue weighted by Gasteiger charge is -2.13. The summed E-state index contributed by atoms with van der Waals surface area (Å²) in [6, 6.07) is 14.5. The number of thioether (sulfide) groups is 1. The molecule has 3 aromatic rings. The Bertz CT molecular complexity index is 942. The van der Waals surface area contributed by atoms with Crippen molar-refractivity contribution in [1.82, 2.24) is 14.8 Å². The molecule has 0 aliphatic rings. The number of halogens is 1. The second kappa shape index (κ2) is 8.35. The number of nitrogens with zero attached hydrogens (tertiary/aromatic N) is 3. The Morgan fingerprint density at radius 1 is 1.22 bits per heavy atom. The summed E-state index contributed by atoms with van der Waals surface area (Å²) in [7, 11) is 0. The third-order valence-electron chi connectivity index (χ3n) is 4.16. The predicted octanol–water partition coefficient (Wildman–Crippen LogP) is 4.53. The molecule has 0 bridgehead atoms. The van der Waals surface area contributed by atoms with Gasteiger partial charge in [0.05, 0.1) is 5.25 Å². The standard InChI is InChI=1S/C20H21FN4OS/c1-4-25-18(15-8-6-5-7-9-15)23-24-20(25)27-14(3)19(26)22-16-11-10-13(2)17(21)12-16/h5-12,14H,4H2,1-3H3,(H,22,26)/t14-/m1/s1. The van der Waals surface area contributed by atoms with E-state index in [4.69, 9.17) is 0 Å². The zero-order chi connectivity index (χ0) is 19.4. The first-order chi connectivity index (χ1) is 13.0. The smallest absolute Gasteiger partial charge is 0.237 e. The van der Waals surface area contributed by atoms with Crippen LogP contribution in [0.1, 0.15) is 19.4 Å². The quantitative estimate of drug-likeness (QED) is 0.634. The fraction of sp³-hybridized carbons (Fsp3) is 0.250. The number of rotatable bonds is 6. The third-order valence-corrected chi connectivity index (χ3v) is 5.24. The molecule has 1 amide bonds. The molecular weight excluding hydrogens is 363 g/mol. The first-order valence-electron chi connectivity index (χ1n) is 8.72. The van der Waals surface area contributed by atoms with Gasteiger partial charge in [0, 0.05) is 17.8 Å². The Labute approximate surface area is 162 Å². The fourth-order valence-electron chi connectivity index (χ4n) is 2.59. The number of nitrogens with one attached hydrogen (secondary N) is 1. The summed E-state index contributed by atoms with van der Waals surface area (Å²) < 4.78 is 15.6. The van der Waals surface area contributed by atoms with E-state index in [0.717, 1.165) is 11.4 Å². The first kappa shape index (κ1) is 19.1. The highest BCUT2D eigenvalue weighted by molar-refractivity contribution is 8.00. The van der Waals surface area contributed by atoms with Crippen LogP contribution in [0.3, 0.4) is 0 Å². The van der Waals surface area contributed by atoms with Gasteiger partial charge in [-0.05, 0) is 38.5 Å². The molecule has 0 aliphatic heterocycles. The molecule has 5 nitrogen and oxygen atoms in total. The second-order valence-electron chi connectivity index (χ2n) is 6.13. The number of anilines is 1. The van der Waals surface area contributed by atoms with Gasteiger partial charge in [-0.2, -0.15) is 0 Å². The van der Waals surface area contributed by atoms with Gasteiger partial charge in [-0.25, -0.2) is 4.39 Å². The van der Waals surface area contributed by atoms with Crippen molar-refractivity contribution in [2.75, 3.05) is 5.32 Å². The van der Waals surface area contributed by atoms with Crippen molar-refractivity contribution >= 4 is 23.4 Å². The van der Waals surface area contributed by atoms with Gasteiger partial charge in [0.15, 0.2) is 11.0 Å². The van der Waals surface area contributed by atoms with Crippen LogP contribution in [0.15, 0.2) is 53.7 Å². The Morgan fingerprint density at radius 3 is 2.63 bits per heavy atom. The third kappa shape index (κ3) is 4.36. The highest BCUT2D eigenvalue weighted by Gasteiger charge is 2.20. The minimum atomic E-state index is -0.410. The van der Waals surface area contributed by atoms with E-state index in [9.17, 15) is 9.18 Å². The maximum atomic E-state index is 13.7. The van der Waals surface area contributed by atoms with E-state index in [0.29, 0.717) is 23.0 Å².